The fourth-order valence-electron chi connectivity index (χ4n) is 1.58. The molecule has 0 saturated carbocycles. The van der Waals surface area contributed by atoms with Crippen LogP contribution >= 0.6 is 11.8 Å². The predicted molar refractivity (Wildman–Crippen MR) is 72.7 cm³/mol. The van der Waals surface area contributed by atoms with Gasteiger partial charge in [-0.1, -0.05) is 23.9 Å². The van der Waals surface area contributed by atoms with E-state index in [1.54, 1.807) is 24.3 Å². The number of carboxylic acid groups (broad SMARTS) is 1. The quantitative estimate of drug-likeness (QED) is 0.875. The molecule has 2 aromatic rings. The molecule has 0 spiro atoms. The van der Waals surface area contributed by atoms with Crippen LogP contribution < -0.4 is 0 Å². The van der Waals surface area contributed by atoms with Crippen LogP contribution in [0.1, 0.15) is 5.56 Å². The normalized spacial score (nSPS) is 10.0. The monoisotopic (exact) mass is 288 g/mol. The highest BCUT2D eigenvalue weighted by molar-refractivity contribution is 7.99. The maximum atomic E-state index is 13.7. The molecule has 0 aliphatic rings. The minimum Gasteiger partial charge on any atom is -0.481 e. The number of pyridine rings is 1. The van der Waals surface area contributed by atoms with Crippen LogP contribution in [0.15, 0.2) is 41.4 Å². The van der Waals surface area contributed by atoms with Crippen LogP contribution in [0, 0.1) is 17.1 Å². The molecule has 0 amide bonds. The Bertz CT molecular complexity index is 698. The second kappa shape index (κ2) is 6.17. The summed E-state index contributed by atoms with van der Waals surface area (Å²) in [7, 11) is 0. The van der Waals surface area contributed by atoms with E-state index in [0.29, 0.717) is 11.3 Å². The topological polar surface area (TPSA) is 74.0 Å². The van der Waals surface area contributed by atoms with Gasteiger partial charge in [-0.15, -0.1) is 0 Å². The van der Waals surface area contributed by atoms with Crippen molar-refractivity contribution in [1.82, 2.24) is 4.98 Å². The second-order valence-corrected chi connectivity index (χ2v) is 4.79. The van der Waals surface area contributed by atoms with E-state index in [4.69, 9.17) is 10.4 Å². The second-order valence-electron chi connectivity index (χ2n) is 3.82. The van der Waals surface area contributed by atoms with Gasteiger partial charge in [0.05, 0.1) is 17.0 Å². The molecule has 0 aliphatic heterocycles. The highest BCUT2D eigenvalue weighted by Crippen LogP contribution is 2.26. The molecular weight excluding hydrogens is 279 g/mol. The van der Waals surface area contributed by atoms with Gasteiger partial charge in [-0.3, -0.25) is 4.79 Å². The Morgan fingerprint density at radius 2 is 2.10 bits per heavy atom. The zero-order valence-electron chi connectivity index (χ0n) is 10.2. The largest absolute Gasteiger partial charge is 0.481 e. The standard InChI is InChI=1S/C14H9FN2O2S/c15-11-4-2-1-3-10(11)12-6-5-9(7-16)14(17-12)20-8-13(18)19/h1-6H,8H2,(H,18,19). The van der Waals surface area contributed by atoms with Crippen LogP contribution in [0.2, 0.25) is 0 Å². The number of benzene rings is 1. The van der Waals surface area contributed by atoms with Crippen molar-refractivity contribution in [2.45, 2.75) is 5.03 Å². The van der Waals surface area contributed by atoms with Crippen molar-refractivity contribution in [3.63, 3.8) is 0 Å². The van der Waals surface area contributed by atoms with Gasteiger partial charge in [-0.2, -0.15) is 5.26 Å². The van der Waals surface area contributed by atoms with Crippen molar-refractivity contribution >= 4 is 17.7 Å². The van der Waals surface area contributed by atoms with Gasteiger partial charge in [0.25, 0.3) is 0 Å². The summed E-state index contributed by atoms with van der Waals surface area (Å²) < 4.78 is 13.7. The fraction of sp³-hybridized carbons (Fsp3) is 0.0714. The number of aromatic nitrogens is 1. The predicted octanol–water partition coefficient (Wildman–Crippen LogP) is 2.94. The number of hydrogen-bond acceptors (Lipinski definition) is 4. The summed E-state index contributed by atoms with van der Waals surface area (Å²) in [4.78, 5) is 14.8. The van der Waals surface area contributed by atoms with Crippen LogP contribution in [-0.2, 0) is 4.79 Å². The minimum absolute atomic E-state index is 0.206. The molecule has 1 aromatic carbocycles. The number of rotatable bonds is 4. The van der Waals surface area contributed by atoms with E-state index in [0.717, 1.165) is 11.8 Å². The summed E-state index contributed by atoms with van der Waals surface area (Å²) in [5.41, 5.74) is 0.959. The lowest BCUT2D eigenvalue weighted by Crippen LogP contribution is -2.00. The Balaban J connectivity index is 2.42. The molecule has 1 N–H and O–H groups in total. The van der Waals surface area contributed by atoms with Gasteiger partial charge >= 0.3 is 5.97 Å². The summed E-state index contributed by atoms with van der Waals surface area (Å²) in [6.07, 6.45) is 0. The molecule has 2 rings (SSSR count). The Morgan fingerprint density at radius 3 is 2.75 bits per heavy atom. The zero-order chi connectivity index (χ0) is 14.5. The highest BCUT2D eigenvalue weighted by atomic mass is 32.2. The van der Waals surface area contributed by atoms with Gasteiger partial charge in [0.1, 0.15) is 16.9 Å². The summed E-state index contributed by atoms with van der Waals surface area (Å²) in [5, 5.41) is 17.9. The molecule has 0 bridgehead atoms. The van der Waals surface area contributed by atoms with Crippen LogP contribution in [0.4, 0.5) is 4.39 Å². The Morgan fingerprint density at radius 1 is 1.35 bits per heavy atom. The van der Waals surface area contributed by atoms with Crippen LogP contribution in [-0.4, -0.2) is 21.8 Å². The lowest BCUT2D eigenvalue weighted by molar-refractivity contribution is -0.133. The van der Waals surface area contributed by atoms with Gasteiger partial charge in [0, 0.05) is 5.56 Å². The molecule has 1 heterocycles. The van der Waals surface area contributed by atoms with Crippen molar-refractivity contribution < 1.29 is 14.3 Å². The molecular formula is C14H9FN2O2S. The van der Waals surface area contributed by atoms with E-state index in [2.05, 4.69) is 4.98 Å². The van der Waals surface area contributed by atoms with E-state index in [1.807, 2.05) is 6.07 Å². The van der Waals surface area contributed by atoms with Gasteiger partial charge in [-0.05, 0) is 24.3 Å². The molecule has 0 radical (unpaired) electrons. The number of hydrogen-bond donors (Lipinski definition) is 1. The van der Waals surface area contributed by atoms with Gasteiger partial charge in [0.2, 0.25) is 0 Å². The third-order valence-electron chi connectivity index (χ3n) is 2.46. The van der Waals surface area contributed by atoms with Crippen molar-refractivity contribution in [1.29, 1.82) is 5.26 Å². The molecule has 0 aliphatic carbocycles. The number of carbonyl (C=O) groups is 1. The summed E-state index contributed by atoms with van der Waals surface area (Å²) >= 11 is 0.939. The summed E-state index contributed by atoms with van der Waals surface area (Å²) in [6, 6.07) is 11.2. The Hall–Kier alpha value is -2.39. The lowest BCUT2D eigenvalue weighted by Gasteiger charge is -2.06. The maximum Gasteiger partial charge on any atom is 0.313 e. The van der Waals surface area contributed by atoms with Crippen molar-refractivity contribution in [2.24, 2.45) is 0 Å². The fourth-order valence-corrected chi connectivity index (χ4v) is 2.28. The van der Waals surface area contributed by atoms with Gasteiger partial charge < -0.3 is 5.11 Å². The number of aliphatic carboxylic acids is 1. The van der Waals surface area contributed by atoms with Gasteiger partial charge in [0.15, 0.2) is 0 Å². The number of nitriles is 1. The average Bonchev–Trinajstić information content (AvgIpc) is 2.45. The number of carboxylic acids is 1. The van der Waals surface area contributed by atoms with Gasteiger partial charge in [-0.25, -0.2) is 9.37 Å². The molecule has 4 nitrogen and oxygen atoms in total. The average molecular weight is 288 g/mol. The van der Waals surface area contributed by atoms with Crippen molar-refractivity contribution in [3.8, 4) is 17.3 Å². The Kier molecular flexibility index (Phi) is 4.33. The highest BCUT2D eigenvalue weighted by Gasteiger charge is 2.11. The maximum absolute atomic E-state index is 13.7. The lowest BCUT2D eigenvalue weighted by atomic mass is 10.1. The third kappa shape index (κ3) is 3.13. The van der Waals surface area contributed by atoms with Crippen LogP contribution in [0.5, 0.6) is 0 Å². The molecule has 0 unspecified atom stereocenters. The first-order valence-electron chi connectivity index (χ1n) is 5.62. The first kappa shape index (κ1) is 14.0. The van der Waals surface area contributed by atoms with Crippen LogP contribution in [0.3, 0.4) is 0 Å². The molecule has 0 saturated heterocycles. The van der Waals surface area contributed by atoms with Crippen molar-refractivity contribution in [3.05, 3.63) is 47.8 Å². The summed E-state index contributed by atoms with van der Waals surface area (Å²) in [5.74, 6) is -1.63. The summed E-state index contributed by atoms with van der Waals surface area (Å²) in [6.45, 7) is 0. The van der Waals surface area contributed by atoms with E-state index >= 15 is 0 Å². The number of halogens is 1. The molecule has 6 heteroatoms. The number of nitrogens with zero attached hydrogens (tertiary/aromatic N) is 2. The SMILES string of the molecule is N#Cc1ccc(-c2ccccc2F)nc1SCC(=O)O. The molecule has 20 heavy (non-hydrogen) atoms. The van der Waals surface area contributed by atoms with Crippen LogP contribution in [0.25, 0.3) is 11.3 Å². The zero-order valence-corrected chi connectivity index (χ0v) is 11.0. The molecule has 1 aromatic heterocycles. The molecule has 100 valence electrons. The van der Waals surface area contributed by atoms with E-state index < -0.39 is 11.8 Å². The van der Waals surface area contributed by atoms with Crippen molar-refractivity contribution in [2.75, 3.05) is 5.75 Å². The molecule has 0 atom stereocenters. The first-order valence-corrected chi connectivity index (χ1v) is 6.61. The number of thioether (sulfide) groups is 1. The Labute approximate surface area is 118 Å². The minimum atomic E-state index is -1.00. The van der Waals surface area contributed by atoms with E-state index in [9.17, 15) is 9.18 Å². The third-order valence-corrected chi connectivity index (χ3v) is 3.44. The van der Waals surface area contributed by atoms with E-state index in [-0.39, 0.29) is 16.3 Å². The smallest absolute Gasteiger partial charge is 0.313 e. The first-order chi connectivity index (χ1) is 9.61. The molecule has 0 fully saturated rings. The van der Waals surface area contributed by atoms with E-state index in [1.165, 1.54) is 12.1 Å².